The zero-order chi connectivity index (χ0) is 13.7. The van der Waals surface area contributed by atoms with E-state index in [1.54, 1.807) is 0 Å². The molecule has 0 atom stereocenters. The van der Waals surface area contributed by atoms with Crippen LogP contribution in [0.15, 0.2) is 42.6 Å². The van der Waals surface area contributed by atoms with E-state index >= 15 is 0 Å². The van der Waals surface area contributed by atoms with Gasteiger partial charge in [0.15, 0.2) is 0 Å². The molecule has 0 spiro atoms. The van der Waals surface area contributed by atoms with Gasteiger partial charge in [-0.05, 0) is 51.1 Å². The van der Waals surface area contributed by atoms with Gasteiger partial charge in [-0.25, -0.2) is 0 Å². The molecule has 0 unspecified atom stereocenters. The third kappa shape index (κ3) is 3.55. The van der Waals surface area contributed by atoms with Gasteiger partial charge in [0, 0.05) is 29.8 Å². The first kappa shape index (κ1) is 13.6. The van der Waals surface area contributed by atoms with E-state index in [0.29, 0.717) is 6.54 Å². The van der Waals surface area contributed by atoms with Crippen molar-refractivity contribution in [3.05, 3.63) is 53.9 Å². The van der Waals surface area contributed by atoms with E-state index < -0.39 is 0 Å². The number of rotatable bonds is 5. The molecule has 0 saturated heterocycles. The van der Waals surface area contributed by atoms with Crippen LogP contribution in [0.4, 0.5) is 11.4 Å². The number of benzene rings is 1. The highest BCUT2D eigenvalue weighted by Gasteiger charge is 2.09. The van der Waals surface area contributed by atoms with Crippen LogP contribution in [0.2, 0.25) is 0 Å². The molecule has 3 nitrogen and oxygen atoms in total. The fraction of sp³-hybridized carbons (Fsp3) is 0.312. The fourth-order valence-electron chi connectivity index (χ4n) is 2.08. The third-order valence-electron chi connectivity index (χ3n) is 3.12. The van der Waals surface area contributed by atoms with E-state index in [1.807, 2.05) is 19.2 Å². The maximum Gasteiger partial charge on any atom is 0.0444 e. The first-order chi connectivity index (χ1) is 9.20. The van der Waals surface area contributed by atoms with E-state index in [9.17, 15) is 0 Å². The Bertz CT molecular complexity index is 520. The Morgan fingerprint density at radius 1 is 1.05 bits per heavy atom. The molecule has 0 aliphatic carbocycles. The van der Waals surface area contributed by atoms with Crippen LogP contribution >= 0.6 is 0 Å². The number of hydrogen-bond donors (Lipinski definition) is 1. The molecule has 0 bridgehead atoms. The van der Waals surface area contributed by atoms with Crippen LogP contribution in [0.1, 0.15) is 17.7 Å². The average molecular weight is 255 g/mol. The van der Waals surface area contributed by atoms with Gasteiger partial charge in [-0.2, -0.15) is 0 Å². The highest BCUT2D eigenvalue weighted by atomic mass is 15.1. The Morgan fingerprint density at radius 2 is 1.79 bits per heavy atom. The van der Waals surface area contributed by atoms with Gasteiger partial charge in [-0.1, -0.05) is 17.7 Å². The van der Waals surface area contributed by atoms with Crippen molar-refractivity contribution < 1.29 is 0 Å². The predicted octanol–water partition coefficient (Wildman–Crippen LogP) is 3.19. The summed E-state index contributed by atoms with van der Waals surface area (Å²) in [4.78, 5) is 6.55. The molecule has 0 aliphatic rings. The molecule has 1 aromatic heterocycles. The number of hydrogen-bond acceptors (Lipinski definition) is 3. The van der Waals surface area contributed by atoms with Crippen molar-refractivity contribution in [2.45, 2.75) is 20.3 Å². The van der Waals surface area contributed by atoms with Crippen molar-refractivity contribution in [2.75, 3.05) is 18.0 Å². The van der Waals surface area contributed by atoms with E-state index in [-0.39, 0.29) is 0 Å². The maximum atomic E-state index is 5.65. The van der Waals surface area contributed by atoms with Crippen molar-refractivity contribution in [3.63, 3.8) is 0 Å². The van der Waals surface area contributed by atoms with Crippen LogP contribution in [0.3, 0.4) is 0 Å². The summed E-state index contributed by atoms with van der Waals surface area (Å²) in [5.74, 6) is 0. The minimum absolute atomic E-state index is 0.701. The molecule has 0 fully saturated rings. The minimum Gasteiger partial charge on any atom is -0.341 e. The molecule has 0 radical (unpaired) electrons. The van der Waals surface area contributed by atoms with Gasteiger partial charge in [-0.3, -0.25) is 4.98 Å². The minimum atomic E-state index is 0.701. The largest absolute Gasteiger partial charge is 0.341 e. The van der Waals surface area contributed by atoms with Gasteiger partial charge >= 0.3 is 0 Å². The molecule has 3 heteroatoms. The van der Waals surface area contributed by atoms with Crippen LogP contribution in [0.5, 0.6) is 0 Å². The van der Waals surface area contributed by atoms with E-state index in [0.717, 1.165) is 18.7 Å². The second kappa shape index (κ2) is 6.34. The van der Waals surface area contributed by atoms with E-state index in [4.69, 9.17) is 5.73 Å². The number of nitrogens with zero attached hydrogens (tertiary/aromatic N) is 2. The molecule has 2 rings (SSSR count). The number of pyridine rings is 1. The van der Waals surface area contributed by atoms with Crippen molar-refractivity contribution in [1.29, 1.82) is 0 Å². The molecule has 0 saturated carbocycles. The Hall–Kier alpha value is -1.87. The molecular formula is C16H21N3. The monoisotopic (exact) mass is 255 g/mol. The molecule has 19 heavy (non-hydrogen) atoms. The van der Waals surface area contributed by atoms with Crippen LogP contribution in [-0.4, -0.2) is 18.1 Å². The van der Waals surface area contributed by atoms with E-state index in [2.05, 4.69) is 47.1 Å². The first-order valence-corrected chi connectivity index (χ1v) is 6.67. The highest BCUT2D eigenvalue weighted by Crippen LogP contribution is 2.25. The van der Waals surface area contributed by atoms with Crippen molar-refractivity contribution in [1.82, 2.24) is 4.98 Å². The molecule has 1 heterocycles. The van der Waals surface area contributed by atoms with Crippen LogP contribution < -0.4 is 10.6 Å². The first-order valence-electron chi connectivity index (χ1n) is 6.67. The summed E-state index contributed by atoms with van der Waals surface area (Å²) in [6.45, 7) is 5.74. The quantitative estimate of drug-likeness (QED) is 0.892. The standard InChI is InChI=1S/C16H21N3/c1-13-4-6-15(7-5-13)19(11-3-9-17)16-8-10-18-14(2)12-16/h4-8,10,12H,3,9,11,17H2,1-2H3. The van der Waals surface area contributed by atoms with Crippen LogP contribution in [0.25, 0.3) is 0 Å². The van der Waals surface area contributed by atoms with Crippen LogP contribution in [-0.2, 0) is 0 Å². The van der Waals surface area contributed by atoms with Gasteiger partial charge < -0.3 is 10.6 Å². The zero-order valence-corrected chi connectivity index (χ0v) is 11.6. The Balaban J connectivity index is 2.32. The van der Waals surface area contributed by atoms with Gasteiger partial charge in [0.2, 0.25) is 0 Å². The highest BCUT2D eigenvalue weighted by molar-refractivity contribution is 5.63. The predicted molar refractivity (Wildman–Crippen MR) is 80.8 cm³/mol. The van der Waals surface area contributed by atoms with Crippen LogP contribution in [0, 0.1) is 13.8 Å². The summed E-state index contributed by atoms with van der Waals surface area (Å²) in [7, 11) is 0. The SMILES string of the molecule is Cc1ccc(N(CCCN)c2ccnc(C)c2)cc1. The molecule has 2 aromatic rings. The lowest BCUT2D eigenvalue weighted by Crippen LogP contribution is -2.21. The van der Waals surface area contributed by atoms with Gasteiger partial charge in [0.05, 0.1) is 0 Å². The number of aromatic nitrogens is 1. The molecule has 0 aliphatic heterocycles. The summed E-state index contributed by atoms with van der Waals surface area (Å²) < 4.78 is 0. The zero-order valence-electron chi connectivity index (χ0n) is 11.6. The van der Waals surface area contributed by atoms with Crippen molar-refractivity contribution in [3.8, 4) is 0 Å². The second-order valence-corrected chi connectivity index (χ2v) is 4.78. The maximum absolute atomic E-state index is 5.65. The lowest BCUT2D eigenvalue weighted by molar-refractivity contribution is 0.817. The van der Waals surface area contributed by atoms with Crippen molar-refractivity contribution >= 4 is 11.4 Å². The summed E-state index contributed by atoms with van der Waals surface area (Å²) >= 11 is 0. The number of nitrogens with two attached hydrogens (primary N) is 1. The summed E-state index contributed by atoms with van der Waals surface area (Å²) in [6.07, 6.45) is 2.82. The second-order valence-electron chi connectivity index (χ2n) is 4.78. The Kier molecular flexibility index (Phi) is 4.53. The number of aryl methyl sites for hydroxylation is 2. The molecule has 2 N–H and O–H groups in total. The lowest BCUT2D eigenvalue weighted by atomic mass is 10.2. The molecule has 100 valence electrons. The molecule has 0 amide bonds. The Morgan fingerprint density at radius 3 is 2.42 bits per heavy atom. The smallest absolute Gasteiger partial charge is 0.0444 e. The topological polar surface area (TPSA) is 42.1 Å². The summed E-state index contributed by atoms with van der Waals surface area (Å²) in [5, 5.41) is 0. The van der Waals surface area contributed by atoms with Gasteiger partial charge in [0.1, 0.15) is 0 Å². The average Bonchev–Trinajstić information content (AvgIpc) is 2.41. The lowest BCUT2D eigenvalue weighted by Gasteiger charge is -2.25. The molecule has 1 aromatic carbocycles. The number of anilines is 2. The van der Waals surface area contributed by atoms with Crippen molar-refractivity contribution in [2.24, 2.45) is 5.73 Å². The summed E-state index contributed by atoms with van der Waals surface area (Å²) in [5.41, 5.74) is 10.3. The Labute approximate surface area is 115 Å². The van der Waals surface area contributed by atoms with Gasteiger partial charge in [-0.15, -0.1) is 0 Å². The van der Waals surface area contributed by atoms with Gasteiger partial charge in [0.25, 0.3) is 0 Å². The summed E-state index contributed by atoms with van der Waals surface area (Å²) in [6, 6.07) is 12.7. The third-order valence-corrected chi connectivity index (χ3v) is 3.12. The van der Waals surface area contributed by atoms with E-state index in [1.165, 1.54) is 16.9 Å². The fourth-order valence-corrected chi connectivity index (χ4v) is 2.08. The molecular weight excluding hydrogens is 234 g/mol. The normalized spacial score (nSPS) is 10.5.